The van der Waals surface area contributed by atoms with E-state index in [0.717, 1.165) is 19.3 Å². The van der Waals surface area contributed by atoms with E-state index in [1.165, 1.54) is 11.3 Å². The molecule has 1 saturated carbocycles. The van der Waals surface area contributed by atoms with Crippen LogP contribution in [-0.2, 0) is 0 Å². The predicted molar refractivity (Wildman–Crippen MR) is 77.6 cm³/mol. The third kappa shape index (κ3) is 2.40. The van der Waals surface area contributed by atoms with Crippen molar-refractivity contribution in [2.24, 2.45) is 0 Å². The van der Waals surface area contributed by atoms with Gasteiger partial charge in [0.25, 0.3) is 5.91 Å². The second-order valence-corrected chi connectivity index (χ2v) is 6.09. The van der Waals surface area contributed by atoms with E-state index < -0.39 is 0 Å². The first-order valence-electron chi connectivity index (χ1n) is 6.66. The van der Waals surface area contributed by atoms with Gasteiger partial charge in [0.05, 0.1) is 18.1 Å². The van der Waals surface area contributed by atoms with Crippen LogP contribution in [0.25, 0.3) is 0 Å². The minimum absolute atomic E-state index is 0.0753. The fourth-order valence-corrected chi connectivity index (χ4v) is 3.53. The van der Waals surface area contributed by atoms with Crippen LogP contribution in [0.5, 0.6) is 0 Å². The van der Waals surface area contributed by atoms with Gasteiger partial charge >= 0.3 is 0 Å². The summed E-state index contributed by atoms with van der Waals surface area (Å²) in [6, 6.07) is 0.423. The molecule has 1 aliphatic rings. The zero-order chi connectivity index (χ0) is 14.1. The summed E-state index contributed by atoms with van der Waals surface area (Å²) in [5, 5.41) is 3.55. The Labute approximate surface area is 121 Å². The van der Waals surface area contributed by atoms with Crippen LogP contribution in [0.15, 0.2) is 18.7 Å². The Balaban J connectivity index is 1.74. The van der Waals surface area contributed by atoms with Gasteiger partial charge in [0.15, 0.2) is 5.13 Å². The molecule has 1 aliphatic carbocycles. The SMILES string of the molecule is Cc1nc(N)sc1C(=O)NC1CCCC1n1ccnc1. The highest BCUT2D eigenvalue weighted by atomic mass is 32.1. The van der Waals surface area contributed by atoms with Gasteiger partial charge in [0, 0.05) is 18.4 Å². The highest BCUT2D eigenvalue weighted by molar-refractivity contribution is 7.17. The van der Waals surface area contributed by atoms with Crippen molar-refractivity contribution in [1.82, 2.24) is 19.9 Å². The number of nitrogens with two attached hydrogens (primary N) is 1. The van der Waals surface area contributed by atoms with Gasteiger partial charge in [-0.3, -0.25) is 4.79 Å². The second-order valence-electron chi connectivity index (χ2n) is 5.05. The summed E-state index contributed by atoms with van der Waals surface area (Å²) in [6.45, 7) is 1.81. The van der Waals surface area contributed by atoms with Crippen molar-refractivity contribution >= 4 is 22.4 Å². The van der Waals surface area contributed by atoms with Gasteiger partial charge in [0.2, 0.25) is 0 Å². The highest BCUT2D eigenvalue weighted by Crippen LogP contribution is 2.30. The number of rotatable bonds is 3. The summed E-state index contributed by atoms with van der Waals surface area (Å²) < 4.78 is 2.08. The molecule has 3 N–H and O–H groups in total. The third-order valence-electron chi connectivity index (χ3n) is 3.72. The van der Waals surface area contributed by atoms with Crippen molar-refractivity contribution in [1.29, 1.82) is 0 Å². The fourth-order valence-electron chi connectivity index (χ4n) is 2.79. The van der Waals surface area contributed by atoms with Crippen molar-refractivity contribution in [2.45, 2.75) is 38.3 Å². The predicted octanol–water partition coefficient (Wildman–Crippen LogP) is 1.75. The van der Waals surface area contributed by atoms with Gasteiger partial charge in [-0.15, -0.1) is 0 Å². The molecule has 7 heteroatoms. The molecule has 106 valence electrons. The number of nitrogens with zero attached hydrogens (tertiary/aromatic N) is 3. The standard InChI is InChI=1S/C13H17N5OS/c1-8-11(20-13(14)16-8)12(19)17-9-3-2-4-10(9)18-6-5-15-7-18/h5-7,9-10H,2-4H2,1H3,(H2,14,16)(H,17,19). The smallest absolute Gasteiger partial charge is 0.263 e. The Bertz CT molecular complexity index is 606. The molecular weight excluding hydrogens is 274 g/mol. The van der Waals surface area contributed by atoms with Crippen molar-refractivity contribution in [3.8, 4) is 0 Å². The highest BCUT2D eigenvalue weighted by Gasteiger charge is 2.30. The van der Waals surface area contributed by atoms with Crippen LogP contribution in [0.1, 0.15) is 40.7 Å². The third-order valence-corrected chi connectivity index (χ3v) is 4.71. The number of carbonyl (C=O) groups excluding carboxylic acids is 1. The topological polar surface area (TPSA) is 85.8 Å². The molecule has 1 fully saturated rings. The molecule has 0 radical (unpaired) electrons. The summed E-state index contributed by atoms with van der Waals surface area (Å²) in [6.07, 6.45) is 8.69. The number of nitrogens with one attached hydrogen (secondary N) is 1. The molecule has 2 atom stereocenters. The van der Waals surface area contributed by atoms with E-state index in [9.17, 15) is 4.79 Å². The van der Waals surface area contributed by atoms with Gasteiger partial charge in [-0.2, -0.15) is 0 Å². The number of imidazole rings is 1. The van der Waals surface area contributed by atoms with E-state index in [1.54, 1.807) is 6.20 Å². The monoisotopic (exact) mass is 291 g/mol. The van der Waals surface area contributed by atoms with E-state index >= 15 is 0 Å². The number of hydrogen-bond acceptors (Lipinski definition) is 5. The van der Waals surface area contributed by atoms with E-state index in [4.69, 9.17) is 5.73 Å². The van der Waals surface area contributed by atoms with Crippen LogP contribution >= 0.6 is 11.3 Å². The van der Waals surface area contributed by atoms with E-state index in [1.807, 2.05) is 19.4 Å². The van der Waals surface area contributed by atoms with Crippen molar-refractivity contribution in [3.05, 3.63) is 29.3 Å². The lowest BCUT2D eigenvalue weighted by Crippen LogP contribution is -2.38. The first-order chi connectivity index (χ1) is 9.65. The van der Waals surface area contributed by atoms with Crippen LogP contribution in [0.3, 0.4) is 0 Å². The number of anilines is 1. The maximum atomic E-state index is 12.3. The Kier molecular flexibility index (Phi) is 3.43. The number of carbonyl (C=O) groups is 1. The summed E-state index contributed by atoms with van der Waals surface area (Å²) in [5.41, 5.74) is 6.34. The maximum absolute atomic E-state index is 12.3. The lowest BCUT2D eigenvalue weighted by Gasteiger charge is -2.21. The lowest BCUT2D eigenvalue weighted by molar-refractivity contribution is 0.0932. The van der Waals surface area contributed by atoms with E-state index in [0.29, 0.717) is 15.7 Å². The number of nitrogen functional groups attached to an aromatic ring is 1. The van der Waals surface area contributed by atoms with Crippen molar-refractivity contribution in [3.63, 3.8) is 0 Å². The number of hydrogen-bond donors (Lipinski definition) is 2. The van der Waals surface area contributed by atoms with Crippen LogP contribution in [0, 0.1) is 6.92 Å². The van der Waals surface area contributed by atoms with Crippen LogP contribution in [-0.4, -0.2) is 26.5 Å². The molecule has 2 aromatic rings. The molecule has 0 spiro atoms. The lowest BCUT2D eigenvalue weighted by atomic mass is 10.1. The van der Waals surface area contributed by atoms with Crippen molar-refractivity contribution in [2.75, 3.05) is 5.73 Å². The van der Waals surface area contributed by atoms with Crippen LogP contribution in [0.4, 0.5) is 5.13 Å². The normalized spacial score (nSPS) is 22.1. The molecule has 6 nitrogen and oxygen atoms in total. The minimum Gasteiger partial charge on any atom is -0.375 e. The summed E-state index contributed by atoms with van der Waals surface area (Å²) >= 11 is 1.24. The number of thiazole rings is 1. The van der Waals surface area contributed by atoms with Gasteiger partial charge < -0.3 is 15.6 Å². The zero-order valence-electron chi connectivity index (χ0n) is 11.2. The molecule has 2 unspecified atom stereocenters. The Morgan fingerprint density at radius 3 is 3.05 bits per heavy atom. The van der Waals surface area contributed by atoms with E-state index in [2.05, 4.69) is 19.9 Å². The Morgan fingerprint density at radius 1 is 1.55 bits per heavy atom. The van der Waals surface area contributed by atoms with Gasteiger partial charge in [-0.25, -0.2) is 9.97 Å². The van der Waals surface area contributed by atoms with Gasteiger partial charge in [-0.1, -0.05) is 11.3 Å². The number of aryl methyl sites for hydroxylation is 1. The Hall–Kier alpha value is -1.89. The zero-order valence-corrected chi connectivity index (χ0v) is 12.1. The summed E-state index contributed by atoms with van der Waals surface area (Å²) in [7, 11) is 0. The van der Waals surface area contributed by atoms with Crippen molar-refractivity contribution < 1.29 is 4.79 Å². The largest absolute Gasteiger partial charge is 0.375 e. The molecular formula is C13H17N5OS. The Morgan fingerprint density at radius 2 is 2.40 bits per heavy atom. The molecule has 0 bridgehead atoms. The van der Waals surface area contributed by atoms with E-state index in [-0.39, 0.29) is 18.0 Å². The molecule has 20 heavy (non-hydrogen) atoms. The number of aromatic nitrogens is 3. The average Bonchev–Trinajstić information content (AvgIpc) is 3.09. The first-order valence-corrected chi connectivity index (χ1v) is 7.48. The van der Waals surface area contributed by atoms with Crippen LogP contribution in [0.2, 0.25) is 0 Å². The quantitative estimate of drug-likeness (QED) is 0.902. The maximum Gasteiger partial charge on any atom is 0.263 e. The van der Waals surface area contributed by atoms with Gasteiger partial charge in [-0.05, 0) is 26.2 Å². The fraction of sp³-hybridized carbons (Fsp3) is 0.462. The second kappa shape index (κ2) is 5.24. The minimum atomic E-state index is -0.0753. The molecule has 2 aromatic heterocycles. The molecule has 1 amide bonds. The molecule has 0 saturated heterocycles. The first kappa shape index (κ1) is 13.1. The summed E-state index contributed by atoms with van der Waals surface area (Å²) in [4.78, 5) is 21.1. The number of amides is 1. The average molecular weight is 291 g/mol. The summed E-state index contributed by atoms with van der Waals surface area (Å²) in [5.74, 6) is -0.0753. The van der Waals surface area contributed by atoms with Gasteiger partial charge in [0.1, 0.15) is 4.88 Å². The molecule has 2 heterocycles. The molecule has 3 rings (SSSR count). The molecule has 0 aromatic carbocycles. The molecule has 0 aliphatic heterocycles. The van der Waals surface area contributed by atoms with Crippen LogP contribution < -0.4 is 11.1 Å².